The Morgan fingerprint density at radius 3 is 2.44 bits per heavy atom. The lowest BCUT2D eigenvalue weighted by molar-refractivity contribution is 0.0887. The van der Waals surface area contributed by atoms with Gasteiger partial charge in [0.15, 0.2) is 0 Å². The van der Waals surface area contributed by atoms with Crippen LogP contribution >= 0.6 is 0 Å². The molecule has 27 heavy (non-hydrogen) atoms. The topological polar surface area (TPSA) is 65.6 Å². The van der Waals surface area contributed by atoms with Gasteiger partial charge < -0.3 is 14.4 Å². The van der Waals surface area contributed by atoms with Crippen molar-refractivity contribution in [3.05, 3.63) is 23.4 Å². The van der Waals surface area contributed by atoms with E-state index in [9.17, 15) is 0 Å². The van der Waals surface area contributed by atoms with E-state index in [1.54, 1.807) is 0 Å². The van der Waals surface area contributed by atoms with Gasteiger partial charge in [0.2, 0.25) is 11.8 Å². The summed E-state index contributed by atoms with van der Waals surface area (Å²) in [5, 5.41) is 17.3. The summed E-state index contributed by atoms with van der Waals surface area (Å²) in [5.74, 6) is 3.91. The second-order valence-electron chi connectivity index (χ2n) is 8.70. The lowest BCUT2D eigenvalue weighted by Crippen LogP contribution is -2.49. The molecule has 0 saturated carbocycles. The first kappa shape index (κ1) is 20.5. The number of aliphatic hydroxyl groups is 1. The maximum absolute atomic E-state index is 9.12. The molecular weight excluding hydrogens is 340 g/mol. The van der Waals surface area contributed by atoms with Gasteiger partial charge in [-0.15, -0.1) is 10.2 Å². The average molecular weight is 377 g/mol. The van der Waals surface area contributed by atoms with E-state index in [1.807, 2.05) is 6.92 Å². The minimum Gasteiger partial charge on any atom is -0.426 e. The normalized spacial score (nSPS) is 27.9. The molecule has 0 spiro atoms. The molecule has 6 nitrogen and oxygen atoms in total. The Balaban J connectivity index is 1.62. The summed E-state index contributed by atoms with van der Waals surface area (Å²) in [6, 6.07) is 0. The van der Waals surface area contributed by atoms with Crippen LogP contribution in [0.5, 0.6) is 0 Å². The van der Waals surface area contributed by atoms with E-state index in [0.29, 0.717) is 29.6 Å². The molecule has 1 aliphatic carbocycles. The molecule has 3 rings (SSSR count). The van der Waals surface area contributed by atoms with Crippen molar-refractivity contribution in [2.24, 2.45) is 23.7 Å². The first-order valence-electron chi connectivity index (χ1n) is 10.5. The highest BCUT2D eigenvalue weighted by atomic mass is 16.4. The summed E-state index contributed by atoms with van der Waals surface area (Å²) < 4.78 is 5.63. The SMILES string of the molecule is CC1=C[C@@H](CN2CCN(CCO)CC2)[C@H](C(C)C)C[C@@H]1Cc1nnc(C)o1. The second-order valence-corrected chi connectivity index (χ2v) is 8.70. The molecule has 0 aromatic carbocycles. The highest BCUT2D eigenvalue weighted by Crippen LogP contribution is 2.39. The van der Waals surface area contributed by atoms with E-state index in [0.717, 1.165) is 51.6 Å². The minimum absolute atomic E-state index is 0.265. The number of piperazine rings is 1. The third kappa shape index (κ3) is 5.39. The number of rotatable bonds is 7. The summed E-state index contributed by atoms with van der Waals surface area (Å²) in [5.41, 5.74) is 1.48. The fourth-order valence-electron chi connectivity index (χ4n) is 4.75. The fourth-order valence-corrected chi connectivity index (χ4v) is 4.75. The molecule has 1 N–H and O–H groups in total. The Labute approximate surface area is 163 Å². The minimum atomic E-state index is 0.265. The van der Waals surface area contributed by atoms with Gasteiger partial charge in [0.1, 0.15) is 0 Å². The van der Waals surface area contributed by atoms with Crippen molar-refractivity contribution in [3.63, 3.8) is 0 Å². The smallest absolute Gasteiger partial charge is 0.217 e. The molecule has 1 saturated heterocycles. The van der Waals surface area contributed by atoms with Crippen molar-refractivity contribution < 1.29 is 9.52 Å². The van der Waals surface area contributed by atoms with E-state index in [4.69, 9.17) is 9.52 Å². The quantitative estimate of drug-likeness (QED) is 0.737. The number of aryl methyl sites for hydroxylation is 1. The number of nitrogens with zero attached hydrogens (tertiary/aromatic N) is 4. The predicted octanol–water partition coefficient (Wildman–Crippen LogP) is 2.39. The van der Waals surface area contributed by atoms with E-state index >= 15 is 0 Å². The van der Waals surface area contributed by atoms with Crippen molar-refractivity contribution >= 4 is 0 Å². The summed E-state index contributed by atoms with van der Waals surface area (Å²) >= 11 is 0. The molecule has 3 atom stereocenters. The summed E-state index contributed by atoms with van der Waals surface area (Å²) in [6.07, 6.45) is 4.59. The van der Waals surface area contributed by atoms with Crippen LogP contribution in [0.15, 0.2) is 16.1 Å². The fraction of sp³-hybridized carbons (Fsp3) is 0.810. The monoisotopic (exact) mass is 376 g/mol. The van der Waals surface area contributed by atoms with Gasteiger partial charge in [-0.3, -0.25) is 4.90 Å². The molecule has 1 fully saturated rings. The van der Waals surface area contributed by atoms with Crippen molar-refractivity contribution in [1.29, 1.82) is 0 Å². The molecule has 1 aliphatic heterocycles. The van der Waals surface area contributed by atoms with Crippen LogP contribution in [0.25, 0.3) is 0 Å². The van der Waals surface area contributed by atoms with Crippen LogP contribution in [0.3, 0.4) is 0 Å². The summed E-state index contributed by atoms with van der Waals surface area (Å²) in [7, 11) is 0. The van der Waals surface area contributed by atoms with E-state index in [-0.39, 0.29) is 6.61 Å². The van der Waals surface area contributed by atoms with Gasteiger partial charge in [-0.05, 0) is 37.0 Å². The van der Waals surface area contributed by atoms with Crippen LogP contribution in [0.2, 0.25) is 0 Å². The first-order chi connectivity index (χ1) is 13.0. The van der Waals surface area contributed by atoms with Gasteiger partial charge in [0.25, 0.3) is 0 Å². The Morgan fingerprint density at radius 1 is 1.15 bits per heavy atom. The lowest BCUT2D eigenvalue weighted by atomic mass is 9.69. The Bertz CT molecular complexity index is 619. The van der Waals surface area contributed by atoms with Crippen LogP contribution in [0.4, 0.5) is 0 Å². The average Bonchev–Trinajstić information content (AvgIpc) is 3.04. The Hall–Kier alpha value is -1.24. The number of β-amino-alcohol motifs (C(OH)–C–C–N with tert-alkyl or cyclic N) is 1. The van der Waals surface area contributed by atoms with Crippen molar-refractivity contribution in [2.45, 2.75) is 40.5 Å². The van der Waals surface area contributed by atoms with Gasteiger partial charge in [-0.2, -0.15) is 0 Å². The lowest BCUT2D eigenvalue weighted by Gasteiger charge is -2.41. The van der Waals surface area contributed by atoms with Crippen LogP contribution in [0, 0.1) is 30.6 Å². The largest absolute Gasteiger partial charge is 0.426 e. The molecule has 0 radical (unpaired) electrons. The number of aliphatic hydroxyl groups excluding tert-OH is 1. The molecule has 1 aromatic heterocycles. The number of allylic oxidation sites excluding steroid dienone is 1. The number of hydrogen-bond acceptors (Lipinski definition) is 6. The molecular formula is C21H36N4O2. The molecule has 1 aromatic rings. The van der Waals surface area contributed by atoms with Gasteiger partial charge >= 0.3 is 0 Å². The Morgan fingerprint density at radius 2 is 1.85 bits per heavy atom. The van der Waals surface area contributed by atoms with Crippen LogP contribution in [0.1, 0.15) is 39.0 Å². The highest BCUT2D eigenvalue weighted by Gasteiger charge is 2.33. The van der Waals surface area contributed by atoms with E-state index < -0.39 is 0 Å². The zero-order valence-electron chi connectivity index (χ0n) is 17.4. The third-order valence-corrected chi connectivity index (χ3v) is 6.42. The molecule has 2 aliphatic rings. The molecule has 152 valence electrons. The summed E-state index contributed by atoms with van der Waals surface area (Å²) in [4.78, 5) is 4.97. The van der Waals surface area contributed by atoms with E-state index in [2.05, 4.69) is 46.8 Å². The molecule has 6 heteroatoms. The zero-order chi connectivity index (χ0) is 19.4. The van der Waals surface area contributed by atoms with Gasteiger partial charge in [0.05, 0.1) is 6.61 Å². The number of hydrogen-bond donors (Lipinski definition) is 1. The zero-order valence-corrected chi connectivity index (χ0v) is 17.4. The molecule has 0 amide bonds. The maximum Gasteiger partial charge on any atom is 0.217 e. The maximum atomic E-state index is 9.12. The molecule has 0 bridgehead atoms. The first-order valence-corrected chi connectivity index (χ1v) is 10.5. The van der Waals surface area contributed by atoms with Gasteiger partial charge in [-0.25, -0.2) is 0 Å². The van der Waals surface area contributed by atoms with Crippen LogP contribution in [-0.4, -0.2) is 71.0 Å². The third-order valence-electron chi connectivity index (χ3n) is 6.42. The van der Waals surface area contributed by atoms with Gasteiger partial charge in [0, 0.05) is 52.6 Å². The van der Waals surface area contributed by atoms with Crippen LogP contribution < -0.4 is 0 Å². The van der Waals surface area contributed by atoms with E-state index in [1.165, 1.54) is 12.0 Å². The summed E-state index contributed by atoms with van der Waals surface area (Å²) in [6.45, 7) is 15.4. The second kappa shape index (κ2) is 9.30. The highest BCUT2D eigenvalue weighted by molar-refractivity contribution is 5.14. The van der Waals surface area contributed by atoms with Crippen molar-refractivity contribution in [1.82, 2.24) is 20.0 Å². The van der Waals surface area contributed by atoms with Gasteiger partial charge in [-0.1, -0.05) is 25.5 Å². The number of aromatic nitrogens is 2. The van der Waals surface area contributed by atoms with Crippen molar-refractivity contribution in [2.75, 3.05) is 45.9 Å². The molecule has 2 heterocycles. The molecule has 0 unspecified atom stereocenters. The predicted molar refractivity (Wildman–Crippen MR) is 106 cm³/mol. The van der Waals surface area contributed by atoms with Crippen LogP contribution in [-0.2, 0) is 6.42 Å². The Kier molecular flexibility index (Phi) is 7.06. The van der Waals surface area contributed by atoms with Crippen molar-refractivity contribution in [3.8, 4) is 0 Å². The standard InChI is InChI=1S/C21H36N4O2/c1-15(2)20-12-18(13-21-23-22-17(4)27-21)16(3)11-19(20)14-25-7-5-24(6-8-25)9-10-26/h11,15,18-20,26H,5-10,12-14H2,1-4H3/t18-,19+,20+/m1/s1.